The number of hydrogen-bond acceptors (Lipinski definition) is 3. The second-order valence-corrected chi connectivity index (χ2v) is 14.8. The van der Waals surface area contributed by atoms with E-state index in [9.17, 15) is 0 Å². The Bertz CT molecular complexity index is 3290. The van der Waals surface area contributed by atoms with E-state index in [1.807, 2.05) is 36.4 Å². The normalized spacial score (nSPS) is 12.5. The van der Waals surface area contributed by atoms with Crippen LogP contribution in [0.4, 0.5) is 0 Å². The lowest BCUT2D eigenvalue weighted by Crippen LogP contribution is -2.11. The first-order valence-corrected chi connectivity index (χ1v) is 19.2. The molecular weight excluding hydrogens is 683 g/mol. The summed E-state index contributed by atoms with van der Waals surface area (Å²) >= 11 is 0. The van der Waals surface area contributed by atoms with Crippen LogP contribution in [0.15, 0.2) is 176 Å². The molecule has 0 amide bonds. The van der Waals surface area contributed by atoms with Crippen molar-refractivity contribution in [2.24, 2.45) is 0 Å². The number of nitrogens with zero attached hydrogens (tertiary/aromatic N) is 5. The van der Waals surface area contributed by atoms with Gasteiger partial charge in [-0.3, -0.25) is 4.57 Å². The molecule has 0 spiro atoms. The summed E-state index contributed by atoms with van der Waals surface area (Å²) in [7, 11) is 0. The first kappa shape index (κ1) is 31.0. The average molecular weight is 716 g/mol. The molecular formula is C51H33N5. The number of aromatic nitrogens is 5. The second-order valence-electron chi connectivity index (χ2n) is 14.8. The minimum absolute atomic E-state index is 0.595. The van der Waals surface area contributed by atoms with Gasteiger partial charge in [0.15, 0.2) is 11.6 Å². The highest BCUT2D eigenvalue weighted by Gasteiger charge is 2.31. The monoisotopic (exact) mass is 715 g/mol. The maximum Gasteiger partial charge on any atom is 0.238 e. The van der Waals surface area contributed by atoms with E-state index in [4.69, 9.17) is 15.0 Å². The lowest BCUT2D eigenvalue weighted by atomic mass is 9.80. The first-order valence-electron chi connectivity index (χ1n) is 19.2. The van der Waals surface area contributed by atoms with E-state index >= 15 is 0 Å². The Morgan fingerprint density at radius 1 is 0.393 bits per heavy atom. The molecule has 8 aromatic carbocycles. The maximum absolute atomic E-state index is 5.35. The Morgan fingerprint density at radius 3 is 1.36 bits per heavy atom. The summed E-state index contributed by atoms with van der Waals surface area (Å²) in [6, 6.07) is 62.6. The summed E-state index contributed by atoms with van der Waals surface area (Å²) in [5.41, 5.74) is 13.1. The molecule has 0 unspecified atom stereocenters. The Kier molecular flexibility index (Phi) is 6.69. The van der Waals surface area contributed by atoms with Crippen molar-refractivity contribution in [2.75, 3.05) is 0 Å². The zero-order chi connectivity index (χ0) is 36.7. The number of hydrogen-bond donors (Lipinski definition) is 0. The van der Waals surface area contributed by atoms with Gasteiger partial charge in [0.05, 0.1) is 22.1 Å². The van der Waals surface area contributed by atoms with E-state index in [1.54, 1.807) is 0 Å². The highest BCUT2D eigenvalue weighted by Crippen LogP contribution is 2.48. The molecule has 11 aromatic rings. The highest BCUT2D eigenvalue weighted by atomic mass is 15.2. The van der Waals surface area contributed by atoms with E-state index in [2.05, 4.69) is 149 Å². The fourth-order valence-electron chi connectivity index (χ4n) is 9.23. The summed E-state index contributed by atoms with van der Waals surface area (Å²) in [5, 5.41) is 7.55. The van der Waals surface area contributed by atoms with Gasteiger partial charge in [-0.2, -0.15) is 9.97 Å². The Hall–Kier alpha value is -7.37. The van der Waals surface area contributed by atoms with E-state index in [0.717, 1.165) is 46.2 Å². The van der Waals surface area contributed by atoms with Gasteiger partial charge in [-0.15, -0.1) is 0 Å². The van der Waals surface area contributed by atoms with Crippen LogP contribution in [-0.4, -0.2) is 24.1 Å². The van der Waals surface area contributed by atoms with Gasteiger partial charge in [0, 0.05) is 38.4 Å². The lowest BCUT2D eigenvalue weighted by molar-refractivity contribution is 0.952. The van der Waals surface area contributed by atoms with E-state index < -0.39 is 0 Å². The number of rotatable bonds is 4. The molecule has 56 heavy (non-hydrogen) atoms. The molecule has 3 heterocycles. The third-order valence-electron chi connectivity index (χ3n) is 11.6. The van der Waals surface area contributed by atoms with Crippen molar-refractivity contribution in [1.82, 2.24) is 24.1 Å². The third-order valence-corrected chi connectivity index (χ3v) is 11.6. The van der Waals surface area contributed by atoms with Crippen molar-refractivity contribution < 1.29 is 0 Å². The van der Waals surface area contributed by atoms with Crippen LogP contribution in [0.25, 0.3) is 88.8 Å². The van der Waals surface area contributed by atoms with Crippen LogP contribution in [0.3, 0.4) is 0 Å². The van der Waals surface area contributed by atoms with Crippen molar-refractivity contribution in [3.05, 3.63) is 198 Å². The molecule has 0 N–H and O–H groups in total. The van der Waals surface area contributed by atoms with Gasteiger partial charge in [0.25, 0.3) is 0 Å². The standard InChI is InChI=1S/C51H33N5/c1-4-16-32(17-5-1)49-52-50(33-18-6-2-7-19-33)54-51(53-49)56-44-27-15-13-25-40(44)46-42-31-37-29-35-21-11-10-20-34(35)28-36(37)30-41(42)45-39-24-12-14-26-43(39)55(47(45)48(46)56)38-22-8-3-9-23-38/h1-29H,30-31H2. The molecule has 0 fully saturated rings. The Morgan fingerprint density at radius 2 is 0.821 bits per heavy atom. The summed E-state index contributed by atoms with van der Waals surface area (Å²) in [6.45, 7) is 0. The quantitative estimate of drug-likeness (QED) is 0.182. The van der Waals surface area contributed by atoms with Crippen molar-refractivity contribution >= 4 is 54.4 Å². The fraction of sp³-hybridized carbons (Fsp3) is 0.0392. The van der Waals surface area contributed by atoms with Gasteiger partial charge >= 0.3 is 0 Å². The van der Waals surface area contributed by atoms with Crippen LogP contribution in [0.1, 0.15) is 22.3 Å². The average Bonchev–Trinajstić information content (AvgIpc) is 3.80. The van der Waals surface area contributed by atoms with Gasteiger partial charge in [-0.1, -0.05) is 152 Å². The molecule has 0 atom stereocenters. The molecule has 12 rings (SSSR count). The summed E-state index contributed by atoms with van der Waals surface area (Å²) in [4.78, 5) is 15.8. The first-order chi connectivity index (χ1) is 27.8. The van der Waals surface area contributed by atoms with Crippen molar-refractivity contribution in [3.63, 3.8) is 0 Å². The molecule has 1 aliphatic carbocycles. The van der Waals surface area contributed by atoms with Gasteiger partial charge in [-0.25, -0.2) is 4.98 Å². The Labute approximate surface area is 322 Å². The van der Waals surface area contributed by atoms with Crippen LogP contribution in [0.5, 0.6) is 0 Å². The predicted octanol–water partition coefficient (Wildman–Crippen LogP) is 12.0. The topological polar surface area (TPSA) is 48.5 Å². The summed E-state index contributed by atoms with van der Waals surface area (Å²) < 4.78 is 4.79. The molecule has 0 radical (unpaired) electrons. The van der Waals surface area contributed by atoms with Gasteiger partial charge in [-0.05, 0) is 70.1 Å². The smallest absolute Gasteiger partial charge is 0.238 e. The van der Waals surface area contributed by atoms with E-state index in [-0.39, 0.29) is 0 Å². The third kappa shape index (κ3) is 4.58. The van der Waals surface area contributed by atoms with Gasteiger partial charge < -0.3 is 4.57 Å². The molecule has 0 saturated heterocycles. The highest BCUT2D eigenvalue weighted by molar-refractivity contribution is 6.26. The van der Waals surface area contributed by atoms with Crippen molar-refractivity contribution in [1.29, 1.82) is 0 Å². The largest absolute Gasteiger partial charge is 0.307 e. The van der Waals surface area contributed by atoms with Crippen LogP contribution in [0, 0.1) is 0 Å². The van der Waals surface area contributed by atoms with Gasteiger partial charge in [0.2, 0.25) is 5.95 Å². The molecule has 5 nitrogen and oxygen atoms in total. The number of fused-ring (bicyclic) bond motifs is 12. The van der Waals surface area contributed by atoms with Gasteiger partial charge in [0.1, 0.15) is 0 Å². The van der Waals surface area contributed by atoms with E-state index in [1.165, 1.54) is 60.1 Å². The van der Waals surface area contributed by atoms with Crippen LogP contribution < -0.4 is 0 Å². The lowest BCUT2D eigenvalue weighted by Gasteiger charge is -2.24. The van der Waals surface area contributed by atoms with Crippen LogP contribution in [0.2, 0.25) is 0 Å². The fourth-order valence-corrected chi connectivity index (χ4v) is 9.23. The minimum atomic E-state index is 0.595. The zero-order valence-corrected chi connectivity index (χ0v) is 30.4. The van der Waals surface area contributed by atoms with Crippen molar-refractivity contribution in [2.45, 2.75) is 12.8 Å². The van der Waals surface area contributed by atoms with Crippen LogP contribution in [-0.2, 0) is 12.8 Å². The number of para-hydroxylation sites is 3. The predicted molar refractivity (Wildman–Crippen MR) is 229 cm³/mol. The Balaban J connectivity index is 1.29. The molecule has 0 saturated carbocycles. The molecule has 3 aromatic heterocycles. The molecule has 262 valence electrons. The molecule has 0 aliphatic heterocycles. The number of benzene rings is 8. The summed E-state index contributed by atoms with van der Waals surface area (Å²) in [6.07, 6.45) is 1.69. The molecule has 1 aliphatic rings. The summed E-state index contributed by atoms with van der Waals surface area (Å²) in [5.74, 6) is 1.87. The van der Waals surface area contributed by atoms with Crippen molar-refractivity contribution in [3.8, 4) is 34.4 Å². The minimum Gasteiger partial charge on any atom is -0.307 e. The zero-order valence-electron chi connectivity index (χ0n) is 30.4. The van der Waals surface area contributed by atoms with E-state index in [0.29, 0.717) is 17.6 Å². The second kappa shape index (κ2) is 12.1. The van der Waals surface area contributed by atoms with Crippen LogP contribution >= 0.6 is 0 Å². The molecule has 5 heteroatoms. The maximum atomic E-state index is 5.35. The molecule has 0 bridgehead atoms. The SMILES string of the molecule is c1ccc(-c2nc(-c3ccccc3)nc(-n3c4ccccc4c4c5c(c6c7ccccc7n(-c7ccccc7)c6c43)Cc3cc4ccccc4cc3C5)n2)cc1.